The van der Waals surface area contributed by atoms with Gasteiger partial charge in [-0.15, -0.1) is 0 Å². The molecule has 7 heteroatoms. The van der Waals surface area contributed by atoms with Gasteiger partial charge in [-0.1, -0.05) is 121 Å². The second-order valence-electron chi connectivity index (χ2n) is 7.13. The van der Waals surface area contributed by atoms with Crippen molar-refractivity contribution in [1.82, 2.24) is 0 Å². The quantitative estimate of drug-likeness (QED) is 0.174. The number of benzene rings is 4. The Bertz CT molecular complexity index is 1290. The zero-order valence-corrected chi connectivity index (χ0v) is 21.7. The fourth-order valence-electron chi connectivity index (χ4n) is 3.90. The molecule has 0 saturated carbocycles. The Kier molecular flexibility index (Phi) is 8.30. The van der Waals surface area contributed by atoms with Crippen LogP contribution in [0.25, 0.3) is 0 Å². The summed E-state index contributed by atoms with van der Waals surface area (Å²) in [6.07, 6.45) is 0. The van der Waals surface area contributed by atoms with Crippen molar-refractivity contribution >= 4 is 43.3 Å². The third-order valence-electron chi connectivity index (χ3n) is 5.20. The van der Waals surface area contributed by atoms with Crippen LogP contribution in [-0.4, -0.2) is 23.4 Å². The molecule has 0 spiro atoms. The van der Waals surface area contributed by atoms with E-state index < -0.39 is 27.4 Å². The van der Waals surface area contributed by atoms with Crippen molar-refractivity contribution in [2.24, 2.45) is 0 Å². The van der Waals surface area contributed by atoms with Crippen molar-refractivity contribution in [3.63, 3.8) is 0 Å². The zero-order chi connectivity index (χ0) is 22.6. The molecule has 0 unspecified atom stereocenters. The summed E-state index contributed by atoms with van der Waals surface area (Å²) in [6, 6.07) is 35.0. The molecule has 0 atom stereocenters. The van der Waals surface area contributed by atoms with E-state index in [0.717, 1.165) is 0 Å². The minimum atomic E-state index is -5.15. The maximum absolute atomic E-state index is 13.8. The minimum absolute atomic E-state index is 0. The molecule has 0 aliphatic rings. The third kappa shape index (κ3) is 4.99. The van der Waals surface area contributed by atoms with Crippen LogP contribution in [0.3, 0.4) is 0 Å². The molecule has 0 amide bonds. The second-order valence-corrected chi connectivity index (χ2v) is 12.1. The normalized spacial score (nSPS) is 11.3. The molecule has 0 radical (unpaired) electrons. The summed E-state index contributed by atoms with van der Waals surface area (Å²) in [5.41, 5.74) is 0.161. The minimum Gasteiger partial charge on any atom is -0.744 e. The van der Waals surface area contributed by atoms with Gasteiger partial charge in [-0.2, -0.15) is 0 Å². The van der Waals surface area contributed by atoms with E-state index in [1.54, 1.807) is 91.0 Å². The Morgan fingerprint density at radius 1 is 0.576 bits per heavy atom. The van der Waals surface area contributed by atoms with Crippen molar-refractivity contribution in [2.75, 3.05) is 0 Å². The molecule has 0 N–H and O–H groups in total. The first-order valence-electron chi connectivity index (χ1n) is 9.95. The van der Waals surface area contributed by atoms with Crippen LogP contribution in [0.2, 0.25) is 0 Å². The molecule has 0 aliphatic heterocycles. The average Bonchev–Trinajstić information content (AvgIpc) is 2.83. The molecule has 0 aromatic heterocycles. The molecule has 4 aromatic carbocycles. The van der Waals surface area contributed by atoms with E-state index in [2.05, 4.69) is 0 Å². The monoisotopic (exact) mass is 482 g/mol. The first kappa shape index (κ1) is 25.4. The van der Waals surface area contributed by atoms with Gasteiger partial charge in [-0.3, -0.25) is 4.79 Å². The summed E-state index contributed by atoms with van der Waals surface area (Å²) >= 11 is 0. The Morgan fingerprint density at radius 3 is 1.18 bits per heavy atom. The van der Waals surface area contributed by atoms with Gasteiger partial charge in [0, 0.05) is 5.56 Å². The Balaban J connectivity index is 0.00000306. The van der Waals surface area contributed by atoms with Gasteiger partial charge < -0.3 is 4.55 Å². The molecule has 4 nitrogen and oxygen atoms in total. The topological polar surface area (TPSA) is 74.3 Å². The number of Topliss-reactive ketones (excluding diaryl/α,β-unsaturated/α-hetero) is 1. The molecule has 4 rings (SSSR count). The molecule has 0 saturated heterocycles. The predicted octanol–water partition coefficient (Wildman–Crippen LogP) is 0.543. The number of carbonyl (C=O) groups excluding carboxylic acids is 1. The van der Waals surface area contributed by atoms with Crippen LogP contribution < -0.4 is 45.5 Å². The van der Waals surface area contributed by atoms with Crippen LogP contribution >= 0.6 is 6.89 Å². The maximum atomic E-state index is 13.8. The Morgan fingerprint density at radius 2 is 0.879 bits per heavy atom. The second kappa shape index (κ2) is 10.8. The van der Waals surface area contributed by atoms with Crippen molar-refractivity contribution < 1.29 is 47.3 Å². The summed E-state index contributed by atoms with van der Waals surface area (Å²) in [6.45, 7) is -3.34. The van der Waals surface area contributed by atoms with Crippen molar-refractivity contribution in [3.05, 3.63) is 127 Å². The van der Waals surface area contributed by atoms with E-state index in [-0.39, 0.29) is 35.1 Å². The average molecular weight is 482 g/mol. The molecule has 160 valence electrons. The van der Waals surface area contributed by atoms with E-state index in [0.29, 0.717) is 15.9 Å². The van der Waals surface area contributed by atoms with Crippen LogP contribution in [-0.2, 0) is 10.1 Å². The van der Waals surface area contributed by atoms with Gasteiger partial charge in [0.2, 0.25) is 5.78 Å². The summed E-state index contributed by atoms with van der Waals surface area (Å²) in [5, 5.41) is 1.86. The largest absolute Gasteiger partial charge is 1.00 e. The molecular weight excluding hydrogens is 462 g/mol. The van der Waals surface area contributed by atoms with Crippen LogP contribution in [0.4, 0.5) is 0 Å². The van der Waals surface area contributed by atoms with E-state index in [1.165, 1.54) is 12.1 Å². The van der Waals surface area contributed by atoms with Crippen LogP contribution in [0.5, 0.6) is 0 Å². The fraction of sp³-hybridized carbons (Fsp3) is 0. The molecule has 0 aliphatic carbocycles. The fourth-order valence-corrected chi connectivity index (χ4v) is 10.4. The van der Waals surface area contributed by atoms with Crippen molar-refractivity contribution in [3.8, 4) is 0 Å². The van der Waals surface area contributed by atoms with Crippen molar-refractivity contribution in [2.45, 2.75) is 0 Å². The number of carbonyl (C=O) groups is 1. The van der Waals surface area contributed by atoms with E-state index in [1.807, 2.05) is 18.2 Å². The van der Waals surface area contributed by atoms with Crippen LogP contribution in [0.15, 0.2) is 121 Å². The molecule has 4 aromatic rings. The molecular formula is C26H20NaO4PS. The first-order valence-corrected chi connectivity index (χ1v) is 13.1. The zero-order valence-electron chi connectivity index (χ0n) is 18.0. The maximum Gasteiger partial charge on any atom is 1.00 e. The van der Waals surface area contributed by atoms with E-state index in [4.69, 9.17) is 0 Å². The Hall–Kier alpha value is -2.24. The van der Waals surface area contributed by atoms with Gasteiger partial charge in [0.15, 0.2) is 0 Å². The molecule has 0 fully saturated rings. The van der Waals surface area contributed by atoms with Gasteiger partial charge in [0.05, 0.1) is 0 Å². The molecule has 33 heavy (non-hydrogen) atoms. The smallest absolute Gasteiger partial charge is 0.744 e. The van der Waals surface area contributed by atoms with Gasteiger partial charge in [0.25, 0.3) is 0 Å². The molecule has 0 bridgehead atoms. The molecule has 0 heterocycles. The number of hydrogen-bond acceptors (Lipinski definition) is 4. The van der Waals surface area contributed by atoms with Crippen molar-refractivity contribution in [1.29, 1.82) is 0 Å². The van der Waals surface area contributed by atoms with Gasteiger partial charge in [-0.05, 0) is 22.8 Å². The van der Waals surface area contributed by atoms with Gasteiger partial charge >= 0.3 is 29.6 Å². The third-order valence-corrected chi connectivity index (χ3v) is 11.4. The van der Waals surface area contributed by atoms with Crippen LogP contribution in [0.1, 0.15) is 10.4 Å². The summed E-state index contributed by atoms with van der Waals surface area (Å²) in [5.74, 6) is -0.773. The van der Waals surface area contributed by atoms with Gasteiger partial charge in [0.1, 0.15) is 14.7 Å². The summed E-state index contributed by atoms with van der Waals surface area (Å²) in [4.78, 5) is 13.8. The van der Waals surface area contributed by atoms with Gasteiger partial charge in [-0.25, -0.2) is 8.42 Å². The number of rotatable bonds is 6. The SMILES string of the molecule is O=C(C(=P(c1ccccc1)(c1ccccc1)c1ccccc1)S(=O)(=O)[O-])c1ccccc1.[Na+]. The number of ketones is 1. The van der Waals surface area contributed by atoms with E-state index >= 15 is 0 Å². The number of hydrogen-bond donors (Lipinski definition) is 0. The van der Waals surface area contributed by atoms with Crippen LogP contribution in [0, 0.1) is 0 Å². The predicted molar refractivity (Wildman–Crippen MR) is 131 cm³/mol. The standard InChI is InChI=1S/C26H21O4PS.Na/c27-25(21-13-5-1-6-14-21)26(32(28,29)30)31(22-15-7-2-8-16-22,23-17-9-3-10-18-23)24-19-11-4-12-20-24;/h1-20H,(H,28,29,30);/q;+1/p-1. The Labute approximate surface area is 216 Å². The van der Waals surface area contributed by atoms with E-state index in [9.17, 15) is 17.8 Å². The summed E-state index contributed by atoms with van der Waals surface area (Å²) < 4.78 is 38.2. The first-order chi connectivity index (χ1) is 15.5. The summed E-state index contributed by atoms with van der Waals surface area (Å²) in [7, 11) is -5.15.